The van der Waals surface area contributed by atoms with Crippen LogP contribution in [0.3, 0.4) is 0 Å². The standard InChI is InChI=1S/C12H15N3O2/c13-15-14-10-6-7-11(12(10)16)17-8-9-4-2-1-3-5-9/h1-5,10-12,16H,6-8H2/t10-,11+,12+/m1/s1. The van der Waals surface area contributed by atoms with E-state index in [2.05, 4.69) is 10.0 Å². The number of hydrogen-bond donors (Lipinski definition) is 1. The number of nitrogens with zero attached hydrogens (tertiary/aromatic N) is 3. The zero-order valence-electron chi connectivity index (χ0n) is 9.44. The Hall–Kier alpha value is -1.55. The van der Waals surface area contributed by atoms with E-state index >= 15 is 0 Å². The number of benzene rings is 1. The minimum absolute atomic E-state index is 0.231. The Bertz CT molecular complexity index is 403. The van der Waals surface area contributed by atoms with Crippen LogP contribution in [0.5, 0.6) is 0 Å². The molecule has 0 spiro atoms. The molecule has 1 aliphatic carbocycles. The van der Waals surface area contributed by atoms with Crippen molar-refractivity contribution in [1.29, 1.82) is 0 Å². The smallest absolute Gasteiger partial charge is 0.0886 e. The van der Waals surface area contributed by atoms with Gasteiger partial charge in [0.15, 0.2) is 0 Å². The summed E-state index contributed by atoms with van der Waals surface area (Å²) in [6.45, 7) is 0.478. The summed E-state index contributed by atoms with van der Waals surface area (Å²) in [4.78, 5) is 2.73. The number of aliphatic hydroxyl groups excluding tert-OH is 1. The molecular formula is C12H15N3O2. The Balaban J connectivity index is 1.87. The minimum Gasteiger partial charge on any atom is -0.390 e. The van der Waals surface area contributed by atoms with Gasteiger partial charge < -0.3 is 9.84 Å². The molecule has 0 unspecified atom stereocenters. The molecule has 3 atom stereocenters. The van der Waals surface area contributed by atoms with Crippen molar-refractivity contribution in [3.8, 4) is 0 Å². The van der Waals surface area contributed by atoms with Crippen molar-refractivity contribution in [2.24, 2.45) is 5.11 Å². The first-order valence-electron chi connectivity index (χ1n) is 5.69. The first kappa shape index (κ1) is 11.9. The maximum Gasteiger partial charge on any atom is 0.0886 e. The maximum atomic E-state index is 9.87. The average molecular weight is 233 g/mol. The van der Waals surface area contributed by atoms with Crippen LogP contribution in [0.25, 0.3) is 10.4 Å². The van der Waals surface area contributed by atoms with Gasteiger partial charge in [-0.1, -0.05) is 35.4 Å². The molecule has 0 aliphatic heterocycles. The van der Waals surface area contributed by atoms with Crippen LogP contribution in [0.15, 0.2) is 35.4 Å². The maximum absolute atomic E-state index is 9.87. The Morgan fingerprint density at radius 2 is 2.12 bits per heavy atom. The summed E-state index contributed by atoms with van der Waals surface area (Å²) >= 11 is 0. The Kier molecular flexibility index (Phi) is 3.98. The van der Waals surface area contributed by atoms with Gasteiger partial charge in [0.05, 0.1) is 24.9 Å². The van der Waals surface area contributed by atoms with Crippen LogP contribution >= 0.6 is 0 Å². The molecule has 1 N–H and O–H groups in total. The van der Waals surface area contributed by atoms with Crippen molar-refractivity contribution >= 4 is 0 Å². The summed E-state index contributed by atoms with van der Waals surface area (Å²) in [5, 5.41) is 13.4. The van der Waals surface area contributed by atoms with E-state index in [0.29, 0.717) is 13.0 Å². The van der Waals surface area contributed by atoms with Crippen LogP contribution in [-0.2, 0) is 11.3 Å². The van der Waals surface area contributed by atoms with Crippen molar-refractivity contribution < 1.29 is 9.84 Å². The second-order valence-electron chi connectivity index (χ2n) is 4.18. The summed E-state index contributed by atoms with van der Waals surface area (Å²) < 4.78 is 5.64. The van der Waals surface area contributed by atoms with Crippen LogP contribution in [0.4, 0.5) is 0 Å². The van der Waals surface area contributed by atoms with Crippen LogP contribution < -0.4 is 0 Å². The van der Waals surface area contributed by atoms with Crippen molar-refractivity contribution in [3.05, 3.63) is 46.3 Å². The summed E-state index contributed by atoms with van der Waals surface area (Å²) in [6.07, 6.45) is 0.503. The van der Waals surface area contributed by atoms with Crippen molar-refractivity contribution in [1.82, 2.24) is 0 Å². The number of azide groups is 1. The predicted octanol–water partition coefficient (Wildman–Crippen LogP) is 2.41. The highest BCUT2D eigenvalue weighted by Crippen LogP contribution is 2.26. The Morgan fingerprint density at radius 3 is 2.82 bits per heavy atom. The third-order valence-electron chi connectivity index (χ3n) is 3.03. The zero-order valence-corrected chi connectivity index (χ0v) is 9.44. The fraction of sp³-hybridized carbons (Fsp3) is 0.500. The average Bonchev–Trinajstić information content (AvgIpc) is 2.70. The topological polar surface area (TPSA) is 78.2 Å². The summed E-state index contributed by atoms with van der Waals surface area (Å²) in [7, 11) is 0. The molecule has 1 aromatic carbocycles. The molecule has 0 bridgehead atoms. The Morgan fingerprint density at radius 1 is 1.35 bits per heavy atom. The lowest BCUT2D eigenvalue weighted by Gasteiger charge is -2.17. The van der Waals surface area contributed by atoms with Gasteiger partial charge in [0.2, 0.25) is 0 Å². The number of rotatable bonds is 4. The van der Waals surface area contributed by atoms with Gasteiger partial charge in [-0.25, -0.2) is 0 Å². The molecule has 0 amide bonds. The van der Waals surface area contributed by atoms with Crippen molar-refractivity contribution in [3.63, 3.8) is 0 Å². The van der Waals surface area contributed by atoms with Gasteiger partial charge in [0, 0.05) is 4.91 Å². The van der Waals surface area contributed by atoms with E-state index in [1.165, 1.54) is 0 Å². The van der Waals surface area contributed by atoms with E-state index in [9.17, 15) is 5.11 Å². The molecular weight excluding hydrogens is 218 g/mol. The SMILES string of the molecule is [N-]=[N+]=N[C@@H]1CC[C@H](OCc2ccccc2)[C@H]1O. The van der Waals surface area contributed by atoms with Crippen LogP contribution in [0, 0.1) is 0 Å². The second kappa shape index (κ2) is 5.68. The van der Waals surface area contributed by atoms with E-state index in [0.717, 1.165) is 12.0 Å². The second-order valence-corrected chi connectivity index (χ2v) is 4.18. The molecule has 2 rings (SSSR count). The predicted molar refractivity (Wildman–Crippen MR) is 63.2 cm³/mol. The van der Waals surface area contributed by atoms with Crippen molar-refractivity contribution in [2.75, 3.05) is 0 Å². The van der Waals surface area contributed by atoms with Crippen molar-refractivity contribution in [2.45, 2.75) is 37.7 Å². The lowest BCUT2D eigenvalue weighted by molar-refractivity contribution is -0.0312. The lowest BCUT2D eigenvalue weighted by Crippen LogP contribution is -2.29. The highest BCUT2D eigenvalue weighted by atomic mass is 16.5. The molecule has 90 valence electrons. The molecule has 0 aromatic heterocycles. The van der Waals surface area contributed by atoms with E-state index in [1.807, 2.05) is 30.3 Å². The highest BCUT2D eigenvalue weighted by Gasteiger charge is 2.34. The third kappa shape index (κ3) is 2.97. The van der Waals surface area contributed by atoms with Gasteiger partial charge >= 0.3 is 0 Å². The molecule has 5 nitrogen and oxygen atoms in total. The largest absolute Gasteiger partial charge is 0.390 e. The molecule has 17 heavy (non-hydrogen) atoms. The molecule has 1 fully saturated rings. The summed E-state index contributed by atoms with van der Waals surface area (Å²) in [5.41, 5.74) is 9.42. The molecule has 0 saturated heterocycles. The third-order valence-corrected chi connectivity index (χ3v) is 3.03. The Labute approximate surface area is 99.7 Å². The molecule has 5 heteroatoms. The van der Waals surface area contributed by atoms with Crippen LogP contribution in [0.1, 0.15) is 18.4 Å². The minimum atomic E-state index is -0.686. The van der Waals surface area contributed by atoms with E-state index in [1.54, 1.807) is 0 Å². The van der Waals surface area contributed by atoms with Gasteiger partial charge in [0.25, 0.3) is 0 Å². The number of aliphatic hydroxyl groups is 1. The van der Waals surface area contributed by atoms with E-state index in [-0.39, 0.29) is 12.1 Å². The fourth-order valence-electron chi connectivity index (χ4n) is 2.08. The van der Waals surface area contributed by atoms with E-state index in [4.69, 9.17) is 10.3 Å². The first-order chi connectivity index (χ1) is 8.31. The van der Waals surface area contributed by atoms with Crippen LogP contribution in [0.2, 0.25) is 0 Å². The van der Waals surface area contributed by atoms with Gasteiger partial charge in [-0.15, -0.1) is 0 Å². The quantitative estimate of drug-likeness (QED) is 0.492. The number of ether oxygens (including phenoxy) is 1. The van der Waals surface area contributed by atoms with E-state index < -0.39 is 6.10 Å². The van der Waals surface area contributed by atoms with Gasteiger partial charge in [-0.3, -0.25) is 0 Å². The first-order valence-corrected chi connectivity index (χ1v) is 5.69. The fourth-order valence-corrected chi connectivity index (χ4v) is 2.08. The lowest BCUT2D eigenvalue weighted by atomic mass is 10.2. The normalized spacial score (nSPS) is 27.7. The summed E-state index contributed by atoms with van der Waals surface area (Å²) in [5.74, 6) is 0. The highest BCUT2D eigenvalue weighted by molar-refractivity contribution is 5.13. The monoisotopic (exact) mass is 233 g/mol. The van der Waals surface area contributed by atoms with Gasteiger partial charge in [-0.2, -0.15) is 0 Å². The van der Waals surface area contributed by atoms with Crippen LogP contribution in [-0.4, -0.2) is 23.4 Å². The zero-order chi connectivity index (χ0) is 12.1. The molecule has 1 saturated carbocycles. The molecule has 1 aliphatic rings. The van der Waals surface area contributed by atoms with Gasteiger partial charge in [-0.05, 0) is 23.9 Å². The number of hydrogen-bond acceptors (Lipinski definition) is 3. The summed E-state index contributed by atoms with van der Waals surface area (Å²) in [6, 6.07) is 9.46. The molecule has 0 radical (unpaired) electrons. The molecule has 1 aromatic rings. The van der Waals surface area contributed by atoms with Gasteiger partial charge in [0.1, 0.15) is 0 Å². The molecule has 0 heterocycles.